The molecule has 5 heteroatoms. The number of benzene rings is 1. The van der Waals surface area contributed by atoms with Gasteiger partial charge in [-0.15, -0.1) is 0 Å². The van der Waals surface area contributed by atoms with E-state index in [1.165, 1.54) is 7.11 Å². The van der Waals surface area contributed by atoms with E-state index in [4.69, 9.17) is 0 Å². The molecule has 19 heavy (non-hydrogen) atoms. The number of carbonyl (C=O) groups excluding carboxylic acids is 1. The highest BCUT2D eigenvalue weighted by Gasteiger charge is 2.15. The van der Waals surface area contributed by atoms with Gasteiger partial charge in [0.25, 0.3) is 0 Å². The summed E-state index contributed by atoms with van der Waals surface area (Å²) >= 11 is 0. The third-order valence-electron chi connectivity index (χ3n) is 2.88. The fraction of sp³-hybridized carbons (Fsp3) is 0.286. The van der Waals surface area contributed by atoms with Gasteiger partial charge in [-0.25, -0.2) is 14.2 Å². The van der Waals surface area contributed by atoms with E-state index in [1.807, 2.05) is 25.1 Å². The standard InChI is InChI=1S/C14H15FN2O2/c1-8-5-12(17(2)3)10-6-9(14(18)19-4)7-11(15)13(10)16-8/h5-7H,1-4H3. The predicted octanol–water partition coefficient (Wildman–Crippen LogP) is 2.53. The molecule has 1 aromatic carbocycles. The summed E-state index contributed by atoms with van der Waals surface area (Å²) in [6.45, 7) is 1.81. The Morgan fingerprint density at radius 2 is 2.00 bits per heavy atom. The number of pyridine rings is 1. The lowest BCUT2D eigenvalue weighted by Gasteiger charge is -2.16. The fourth-order valence-corrected chi connectivity index (χ4v) is 2.00. The molecule has 0 amide bonds. The third kappa shape index (κ3) is 2.36. The van der Waals surface area contributed by atoms with Crippen molar-refractivity contribution in [3.8, 4) is 0 Å². The Morgan fingerprint density at radius 1 is 1.32 bits per heavy atom. The van der Waals surface area contributed by atoms with Crippen molar-refractivity contribution in [3.63, 3.8) is 0 Å². The lowest BCUT2D eigenvalue weighted by Crippen LogP contribution is -2.11. The average molecular weight is 262 g/mol. The molecule has 1 heterocycles. The summed E-state index contributed by atoms with van der Waals surface area (Å²) in [5.74, 6) is -1.09. The molecule has 1 aromatic heterocycles. The zero-order valence-electron chi connectivity index (χ0n) is 11.3. The molecule has 0 aliphatic carbocycles. The minimum Gasteiger partial charge on any atom is -0.465 e. The Hall–Kier alpha value is -2.17. The van der Waals surface area contributed by atoms with Gasteiger partial charge in [-0.2, -0.15) is 0 Å². The van der Waals surface area contributed by atoms with E-state index in [2.05, 4.69) is 9.72 Å². The van der Waals surface area contributed by atoms with Gasteiger partial charge < -0.3 is 9.64 Å². The second-order valence-electron chi connectivity index (χ2n) is 4.52. The molecule has 100 valence electrons. The van der Waals surface area contributed by atoms with E-state index in [-0.39, 0.29) is 11.1 Å². The first-order valence-corrected chi connectivity index (χ1v) is 5.80. The van der Waals surface area contributed by atoms with Crippen LogP contribution in [0.1, 0.15) is 16.1 Å². The van der Waals surface area contributed by atoms with Crippen LogP contribution in [0.2, 0.25) is 0 Å². The minimum atomic E-state index is -0.564. The summed E-state index contributed by atoms with van der Waals surface area (Å²) in [6, 6.07) is 4.61. The zero-order chi connectivity index (χ0) is 14.2. The Bertz CT molecular complexity index is 653. The van der Waals surface area contributed by atoms with Crippen molar-refractivity contribution in [2.24, 2.45) is 0 Å². The number of aromatic nitrogens is 1. The highest BCUT2D eigenvalue weighted by atomic mass is 19.1. The number of hydrogen-bond acceptors (Lipinski definition) is 4. The summed E-state index contributed by atoms with van der Waals surface area (Å²) in [5, 5.41) is 0.594. The number of methoxy groups -OCH3 is 1. The van der Waals surface area contributed by atoms with Crippen molar-refractivity contribution >= 4 is 22.6 Å². The maximum Gasteiger partial charge on any atom is 0.337 e. The van der Waals surface area contributed by atoms with Gasteiger partial charge in [0.2, 0.25) is 0 Å². The topological polar surface area (TPSA) is 42.4 Å². The first-order chi connectivity index (χ1) is 8.93. The number of nitrogens with zero attached hydrogens (tertiary/aromatic N) is 2. The van der Waals surface area contributed by atoms with Crippen LogP contribution in [0.4, 0.5) is 10.1 Å². The first kappa shape index (κ1) is 13.3. The fourth-order valence-electron chi connectivity index (χ4n) is 2.00. The Morgan fingerprint density at radius 3 is 2.58 bits per heavy atom. The van der Waals surface area contributed by atoms with Gasteiger partial charge in [-0.05, 0) is 25.1 Å². The molecule has 0 N–H and O–H groups in total. The Balaban J connectivity index is 2.81. The second kappa shape index (κ2) is 4.84. The summed E-state index contributed by atoms with van der Waals surface area (Å²) < 4.78 is 18.7. The summed E-state index contributed by atoms with van der Waals surface area (Å²) in [6.07, 6.45) is 0. The molecular formula is C14H15FN2O2. The molecule has 0 aliphatic rings. The molecule has 2 rings (SSSR count). The SMILES string of the molecule is COC(=O)c1cc(F)c2nc(C)cc(N(C)C)c2c1. The van der Waals surface area contributed by atoms with Gasteiger partial charge in [0.1, 0.15) is 11.3 Å². The summed E-state index contributed by atoms with van der Waals surface area (Å²) in [4.78, 5) is 17.6. The maximum atomic E-state index is 14.1. The molecule has 4 nitrogen and oxygen atoms in total. The molecule has 0 radical (unpaired) electrons. The van der Waals surface area contributed by atoms with Crippen LogP contribution in [0, 0.1) is 12.7 Å². The molecule has 0 atom stereocenters. The molecule has 0 fully saturated rings. The van der Waals surface area contributed by atoms with E-state index in [1.54, 1.807) is 13.0 Å². The van der Waals surface area contributed by atoms with E-state index < -0.39 is 11.8 Å². The summed E-state index contributed by atoms with van der Waals surface area (Å²) in [7, 11) is 4.98. The van der Waals surface area contributed by atoms with Crippen molar-refractivity contribution in [1.29, 1.82) is 0 Å². The molecule has 0 unspecified atom stereocenters. The number of rotatable bonds is 2. The van der Waals surface area contributed by atoms with Crippen molar-refractivity contribution in [2.75, 3.05) is 26.1 Å². The molecule has 0 aliphatic heterocycles. The number of esters is 1. The lowest BCUT2D eigenvalue weighted by atomic mass is 10.1. The zero-order valence-corrected chi connectivity index (χ0v) is 11.3. The quantitative estimate of drug-likeness (QED) is 0.780. The molecule has 2 aromatic rings. The predicted molar refractivity (Wildman–Crippen MR) is 72.1 cm³/mol. The molecule has 0 saturated heterocycles. The van der Waals surface area contributed by atoms with E-state index in [0.29, 0.717) is 5.39 Å². The number of anilines is 1. The van der Waals surface area contributed by atoms with Gasteiger partial charge in [0, 0.05) is 30.9 Å². The van der Waals surface area contributed by atoms with Crippen LogP contribution in [0.15, 0.2) is 18.2 Å². The van der Waals surface area contributed by atoms with Crippen molar-refractivity contribution in [1.82, 2.24) is 4.98 Å². The Kier molecular flexibility index (Phi) is 3.38. The third-order valence-corrected chi connectivity index (χ3v) is 2.88. The van der Waals surface area contributed by atoms with Crippen molar-refractivity contribution in [2.45, 2.75) is 6.92 Å². The number of ether oxygens (including phenoxy) is 1. The van der Waals surface area contributed by atoms with E-state index in [9.17, 15) is 9.18 Å². The van der Waals surface area contributed by atoms with Crippen LogP contribution in [0.25, 0.3) is 10.9 Å². The molecule has 0 spiro atoms. The monoisotopic (exact) mass is 262 g/mol. The van der Waals surface area contributed by atoms with Crippen LogP contribution in [-0.2, 0) is 4.74 Å². The van der Waals surface area contributed by atoms with Crippen LogP contribution >= 0.6 is 0 Å². The largest absolute Gasteiger partial charge is 0.465 e. The highest BCUT2D eigenvalue weighted by Crippen LogP contribution is 2.28. The molecule has 0 bridgehead atoms. The van der Waals surface area contributed by atoms with Crippen molar-refractivity contribution < 1.29 is 13.9 Å². The second-order valence-corrected chi connectivity index (χ2v) is 4.52. The highest BCUT2D eigenvalue weighted by molar-refractivity contribution is 5.99. The number of aryl methyl sites for hydroxylation is 1. The van der Waals surface area contributed by atoms with Gasteiger partial charge in [0.05, 0.1) is 12.7 Å². The molecule has 0 saturated carbocycles. The average Bonchev–Trinajstić information content (AvgIpc) is 2.37. The normalized spacial score (nSPS) is 10.6. The maximum absolute atomic E-state index is 14.1. The van der Waals surface area contributed by atoms with Crippen molar-refractivity contribution in [3.05, 3.63) is 35.3 Å². The number of hydrogen-bond donors (Lipinski definition) is 0. The molecular weight excluding hydrogens is 247 g/mol. The Labute approximate surface area is 110 Å². The van der Waals surface area contributed by atoms with Gasteiger partial charge in [-0.3, -0.25) is 0 Å². The first-order valence-electron chi connectivity index (χ1n) is 5.80. The number of halogens is 1. The minimum absolute atomic E-state index is 0.182. The van der Waals surface area contributed by atoms with E-state index >= 15 is 0 Å². The smallest absolute Gasteiger partial charge is 0.337 e. The van der Waals surface area contributed by atoms with E-state index in [0.717, 1.165) is 17.4 Å². The number of carbonyl (C=O) groups is 1. The van der Waals surface area contributed by atoms with Gasteiger partial charge in [0.15, 0.2) is 0 Å². The lowest BCUT2D eigenvalue weighted by molar-refractivity contribution is 0.0600. The van der Waals surface area contributed by atoms with Crippen LogP contribution < -0.4 is 4.90 Å². The van der Waals surface area contributed by atoms with Crippen LogP contribution in [-0.4, -0.2) is 32.2 Å². The van der Waals surface area contributed by atoms with Gasteiger partial charge >= 0.3 is 5.97 Å². The summed E-state index contributed by atoms with van der Waals surface area (Å²) in [5.41, 5.74) is 1.98. The van der Waals surface area contributed by atoms with Crippen LogP contribution in [0.5, 0.6) is 0 Å². The van der Waals surface area contributed by atoms with Crippen LogP contribution in [0.3, 0.4) is 0 Å². The van der Waals surface area contributed by atoms with Gasteiger partial charge in [-0.1, -0.05) is 0 Å². The number of fused-ring (bicyclic) bond motifs is 1.